The first-order chi connectivity index (χ1) is 10.6. The minimum absolute atomic E-state index is 0.0288. The van der Waals surface area contributed by atoms with Crippen LogP contribution >= 0.6 is 0 Å². The first kappa shape index (κ1) is 15.7. The van der Waals surface area contributed by atoms with E-state index in [2.05, 4.69) is 23.1 Å². The van der Waals surface area contributed by atoms with Gasteiger partial charge in [-0.1, -0.05) is 6.42 Å². The van der Waals surface area contributed by atoms with Gasteiger partial charge < -0.3 is 15.5 Å². The van der Waals surface area contributed by atoms with Crippen LogP contribution in [0.5, 0.6) is 0 Å². The van der Waals surface area contributed by atoms with Gasteiger partial charge in [-0.15, -0.1) is 0 Å². The minimum Gasteiger partial charge on any atom is -0.342 e. The Morgan fingerprint density at radius 2 is 2.09 bits per heavy atom. The number of likely N-dealkylation sites (N-methyl/N-ethyl adjacent to an activating group) is 1. The zero-order valence-corrected chi connectivity index (χ0v) is 13.4. The molecule has 0 aromatic carbocycles. The monoisotopic (exact) mass is 311 g/mol. The van der Waals surface area contributed by atoms with E-state index in [1.807, 2.05) is 5.01 Å². The van der Waals surface area contributed by atoms with E-state index in [-0.39, 0.29) is 24.3 Å². The lowest BCUT2D eigenvalue weighted by molar-refractivity contribution is -0.884. The Balaban J connectivity index is 1.47. The highest BCUT2D eigenvalue weighted by Gasteiger charge is 2.40. The molecule has 7 heteroatoms. The number of carbonyl (C=O) groups excluding carboxylic acids is 2. The minimum atomic E-state index is -0.266. The van der Waals surface area contributed by atoms with Gasteiger partial charge in [0.15, 0.2) is 6.04 Å². The molecule has 7 nitrogen and oxygen atoms in total. The second-order valence-corrected chi connectivity index (χ2v) is 7.05. The lowest BCUT2D eigenvalue weighted by Crippen LogP contribution is -3.12. The fourth-order valence-corrected chi connectivity index (χ4v) is 3.83. The average molecular weight is 311 g/mol. The zero-order chi connectivity index (χ0) is 15.5. The summed E-state index contributed by atoms with van der Waals surface area (Å²) in [6.45, 7) is 3.84. The molecule has 1 aliphatic carbocycles. The second-order valence-electron chi connectivity index (χ2n) is 7.05. The lowest BCUT2D eigenvalue weighted by atomic mass is 9.87. The Morgan fingerprint density at radius 3 is 2.86 bits per heavy atom. The number of fused-ring (bicyclic) bond motifs is 1. The Kier molecular flexibility index (Phi) is 4.95. The van der Waals surface area contributed by atoms with Crippen molar-refractivity contribution in [1.82, 2.24) is 15.8 Å². The molecule has 3 fully saturated rings. The van der Waals surface area contributed by atoms with E-state index in [0.29, 0.717) is 12.1 Å². The largest absolute Gasteiger partial charge is 0.342 e. The maximum atomic E-state index is 12.2. The summed E-state index contributed by atoms with van der Waals surface area (Å²) in [6, 6.07) is 0.495. The summed E-state index contributed by atoms with van der Waals surface area (Å²) < 4.78 is 0. The molecule has 22 heavy (non-hydrogen) atoms. The molecular weight excluding hydrogens is 282 g/mol. The molecule has 5 N–H and O–H groups in total. The topological polar surface area (TPSA) is 82.5 Å². The smallest absolute Gasteiger partial charge is 0.279 e. The molecule has 1 saturated carbocycles. The highest BCUT2D eigenvalue weighted by atomic mass is 16.2. The molecule has 0 bridgehead atoms. The fourth-order valence-electron chi connectivity index (χ4n) is 3.83. The van der Waals surface area contributed by atoms with Crippen LogP contribution in [0.3, 0.4) is 0 Å². The Bertz CT molecular complexity index is 422. The summed E-state index contributed by atoms with van der Waals surface area (Å²) in [7, 11) is 2.17. The molecule has 124 valence electrons. The summed E-state index contributed by atoms with van der Waals surface area (Å²) >= 11 is 0. The van der Waals surface area contributed by atoms with Crippen molar-refractivity contribution < 1.29 is 19.8 Å². The molecular formula is C15H29N5O2+2. The van der Waals surface area contributed by atoms with Crippen molar-refractivity contribution in [3.63, 3.8) is 0 Å². The summed E-state index contributed by atoms with van der Waals surface area (Å²) in [4.78, 5) is 25.9. The molecule has 0 unspecified atom stereocenters. The lowest BCUT2D eigenvalue weighted by Gasteiger charge is -2.37. The Labute approximate surface area is 131 Å². The molecule has 2 aliphatic heterocycles. The van der Waals surface area contributed by atoms with Gasteiger partial charge in [0.25, 0.3) is 5.91 Å². The van der Waals surface area contributed by atoms with Crippen molar-refractivity contribution in [2.75, 3.05) is 33.2 Å². The number of amides is 2. The first-order valence-corrected chi connectivity index (χ1v) is 8.63. The van der Waals surface area contributed by atoms with E-state index >= 15 is 0 Å². The van der Waals surface area contributed by atoms with Gasteiger partial charge in [0, 0.05) is 6.42 Å². The predicted octanol–water partition coefficient (Wildman–Crippen LogP) is -3.39. The van der Waals surface area contributed by atoms with Gasteiger partial charge in [0.1, 0.15) is 6.04 Å². The number of piperazine rings is 2. The Morgan fingerprint density at radius 1 is 1.36 bits per heavy atom. The van der Waals surface area contributed by atoms with E-state index in [9.17, 15) is 9.59 Å². The van der Waals surface area contributed by atoms with Crippen LogP contribution in [0.2, 0.25) is 0 Å². The average Bonchev–Trinajstić information content (AvgIpc) is 2.50. The van der Waals surface area contributed by atoms with Crippen molar-refractivity contribution in [3.8, 4) is 0 Å². The zero-order valence-electron chi connectivity index (χ0n) is 13.4. The third-order valence-corrected chi connectivity index (χ3v) is 5.27. The van der Waals surface area contributed by atoms with Crippen LogP contribution in [0.4, 0.5) is 0 Å². The van der Waals surface area contributed by atoms with Crippen molar-refractivity contribution in [2.24, 2.45) is 0 Å². The van der Waals surface area contributed by atoms with Crippen molar-refractivity contribution in [2.45, 2.75) is 50.2 Å². The van der Waals surface area contributed by atoms with Crippen LogP contribution in [0, 0.1) is 0 Å². The van der Waals surface area contributed by atoms with Gasteiger partial charge in [-0.25, -0.2) is 5.01 Å². The molecule has 0 aromatic rings. The third kappa shape index (κ3) is 3.77. The number of hydrazine groups is 1. The molecule has 2 saturated heterocycles. The quantitative estimate of drug-likeness (QED) is 0.439. The number of nitrogens with zero attached hydrogens (tertiary/aromatic N) is 1. The maximum Gasteiger partial charge on any atom is 0.279 e. The molecule has 0 aromatic heterocycles. The molecule has 3 atom stereocenters. The van der Waals surface area contributed by atoms with Crippen LogP contribution in [-0.2, 0) is 9.59 Å². The number of nitrogens with one attached hydrogen (secondary N) is 3. The summed E-state index contributed by atoms with van der Waals surface area (Å²) in [5.74, 6) is -0.00802. The van der Waals surface area contributed by atoms with Crippen LogP contribution in [0.15, 0.2) is 0 Å². The van der Waals surface area contributed by atoms with Gasteiger partial charge >= 0.3 is 0 Å². The van der Waals surface area contributed by atoms with Gasteiger partial charge in [-0.2, -0.15) is 0 Å². The normalized spacial score (nSPS) is 33.9. The molecule has 0 spiro atoms. The first-order valence-electron chi connectivity index (χ1n) is 8.63. The molecule has 2 heterocycles. The van der Waals surface area contributed by atoms with Gasteiger partial charge in [-0.3, -0.25) is 15.0 Å². The number of rotatable bonds is 3. The fraction of sp³-hybridized carbons (Fsp3) is 0.867. The highest BCUT2D eigenvalue weighted by Crippen LogP contribution is 2.18. The van der Waals surface area contributed by atoms with E-state index in [1.54, 1.807) is 0 Å². The number of hydrogen-bond donors (Lipinski definition) is 4. The van der Waals surface area contributed by atoms with Crippen LogP contribution in [0.1, 0.15) is 32.1 Å². The number of nitrogens with two attached hydrogens (primary N) is 1. The maximum absolute atomic E-state index is 12.2. The van der Waals surface area contributed by atoms with Crippen LogP contribution in [0.25, 0.3) is 0 Å². The van der Waals surface area contributed by atoms with E-state index in [0.717, 1.165) is 39.0 Å². The van der Waals surface area contributed by atoms with E-state index in [4.69, 9.17) is 0 Å². The predicted molar refractivity (Wildman–Crippen MR) is 80.9 cm³/mol. The second kappa shape index (κ2) is 6.93. The number of hydrogen-bond acceptors (Lipinski definition) is 3. The van der Waals surface area contributed by atoms with E-state index < -0.39 is 0 Å². The molecule has 3 aliphatic rings. The Hall–Kier alpha value is -1.18. The third-order valence-electron chi connectivity index (χ3n) is 5.27. The van der Waals surface area contributed by atoms with Crippen LogP contribution in [-0.4, -0.2) is 68.2 Å². The number of quaternary nitrogens is 2. The van der Waals surface area contributed by atoms with Crippen molar-refractivity contribution >= 4 is 11.8 Å². The van der Waals surface area contributed by atoms with Gasteiger partial charge in [0.05, 0.1) is 45.7 Å². The highest BCUT2D eigenvalue weighted by molar-refractivity contribution is 5.87. The summed E-state index contributed by atoms with van der Waals surface area (Å²) in [5, 5.41) is 7.24. The van der Waals surface area contributed by atoms with Gasteiger partial charge in [-0.05, 0) is 12.8 Å². The standard InChI is InChI=1S/C15H27N5O2/c1-19-6-8-20(9-7-19)18-14(21)10-13-15(22)17-12-5-3-2-4-11(12)16-13/h11-13,16H,2-10H2,1H3,(H,17,22)(H,18,21)/p+2/t11-,12+,13+/m1/s1. The van der Waals surface area contributed by atoms with Crippen molar-refractivity contribution in [1.29, 1.82) is 0 Å². The van der Waals surface area contributed by atoms with Gasteiger partial charge in [0.2, 0.25) is 5.91 Å². The van der Waals surface area contributed by atoms with Crippen molar-refractivity contribution in [3.05, 3.63) is 0 Å². The molecule has 0 radical (unpaired) electrons. The summed E-state index contributed by atoms with van der Waals surface area (Å²) in [6.07, 6.45) is 4.93. The van der Waals surface area contributed by atoms with Crippen LogP contribution < -0.4 is 21.0 Å². The summed E-state index contributed by atoms with van der Waals surface area (Å²) in [5.41, 5.74) is 2.96. The molecule has 3 rings (SSSR count). The molecule has 2 amide bonds. The SMILES string of the molecule is C[NH+]1CCN(NC(=O)C[C@@H]2[NH2+][C@@H]3CCCC[C@@H]3NC2=O)CC1. The number of carbonyl (C=O) groups is 2. The van der Waals surface area contributed by atoms with E-state index in [1.165, 1.54) is 17.7 Å².